The second-order valence-corrected chi connectivity index (χ2v) is 16.9. The Bertz CT molecular complexity index is 1390. The SMILES string of the molecule is CCCCC/C=C/C/C=C/C/C=C/C/C=C/CCCC(=O)OC[C@H](CO[C@H]1O[C@H](CS(=O)(=O)O)[C@@H](O)C(O)C1O)OC(=O)CCCC/C=C/C/C=C/CCCCCCCC. The van der Waals surface area contributed by atoms with Gasteiger partial charge in [0, 0.05) is 12.8 Å². The summed E-state index contributed by atoms with van der Waals surface area (Å²) < 4.78 is 53.9. The number of rotatable bonds is 36. The Morgan fingerprint density at radius 3 is 1.57 bits per heavy atom. The summed E-state index contributed by atoms with van der Waals surface area (Å²) in [5.74, 6) is -2.11. The predicted octanol–water partition coefficient (Wildman–Crippen LogP) is 9.11. The van der Waals surface area contributed by atoms with Crippen molar-refractivity contribution in [3.05, 3.63) is 72.9 Å². The molecule has 2 unspecified atom stereocenters. The number of aliphatic hydroxyl groups excluding tert-OH is 3. The first-order valence-electron chi connectivity index (χ1n) is 22.5. The molecule has 1 rings (SSSR count). The van der Waals surface area contributed by atoms with Crippen LogP contribution in [0.2, 0.25) is 0 Å². The van der Waals surface area contributed by atoms with Crippen LogP contribution in [0.15, 0.2) is 72.9 Å². The van der Waals surface area contributed by atoms with Gasteiger partial charge < -0.3 is 34.3 Å². The van der Waals surface area contributed by atoms with Crippen molar-refractivity contribution >= 4 is 22.1 Å². The second kappa shape index (κ2) is 36.7. The van der Waals surface area contributed by atoms with Crippen molar-refractivity contribution in [2.45, 2.75) is 192 Å². The summed E-state index contributed by atoms with van der Waals surface area (Å²) in [6, 6.07) is 0. The molecule has 1 heterocycles. The van der Waals surface area contributed by atoms with Crippen molar-refractivity contribution in [3.63, 3.8) is 0 Å². The third-order valence-corrected chi connectivity index (χ3v) is 10.5. The standard InChI is InChI=1S/C47H78O12S/c1-3-5-7-9-11-13-15-17-19-20-22-23-25-27-29-31-33-35-42(48)56-37-40(38-57-47-46(52)45(51)44(50)41(59-47)39-60(53,54)55)58-43(49)36-34-32-30-28-26-24-21-18-16-14-12-10-8-6-4-2/h11,13,17-19,21-23,26-29,40-41,44-47,50-52H,3-10,12,14-16,20,24-25,30-39H2,1-2H3,(H,53,54,55)/b13-11+,19-17+,21-18+,23-22+,28-26+,29-27+/t40-,41-,44-,45?,46?,47+/m1/s1. The lowest BCUT2D eigenvalue weighted by Crippen LogP contribution is -2.60. The summed E-state index contributed by atoms with van der Waals surface area (Å²) in [5, 5.41) is 30.9. The van der Waals surface area contributed by atoms with E-state index in [0.29, 0.717) is 19.3 Å². The summed E-state index contributed by atoms with van der Waals surface area (Å²) >= 11 is 0. The third-order valence-electron chi connectivity index (χ3n) is 9.76. The van der Waals surface area contributed by atoms with Crippen molar-refractivity contribution in [1.29, 1.82) is 0 Å². The van der Waals surface area contributed by atoms with Crippen molar-refractivity contribution in [3.8, 4) is 0 Å². The molecule has 0 spiro atoms. The minimum Gasteiger partial charge on any atom is -0.462 e. The minimum atomic E-state index is -4.62. The molecule has 1 aliphatic heterocycles. The maximum atomic E-state index is 12.8. The van der Waals surface area contributed by atoms with E-state index >= 15 is 0 Å². The fraction of sp³-hybridized carbons (Fsp3) is 0.702. The summed E-state index contributed by atoms with van der Waals surface area (Å²) in [4.78, 5) is 25.4. The maximum Gasteiger partial charge on any atom is 0.306 e. The molecule has 1 saturated heterocycles. The molecule has 4 N–H and O–H groups in total. The molecule has 0 radical (unpaired) electrons. The van der Waals surface area contributed by atoms with Crippen LogP contribution in [0.4, 0.5) is 0 Å². The normalized spacial score (nSPS) is 20.8. The van der Waals surface area contributed by atoms with E-state index in [2.05, 4.69) is 74.6 Å². The van der Waals surface area contributed by atoms with Crippen LogP contribution in [0.25, 0.3) is 0 Å². The van der Waals surface area contributed by atoms with E-state index in [1.807, 2.05) is 12.2 Å². The lowest BCUT2D eigenvalue weighted by Gasteiger charge is -2.40. The number of carbonyl (C=O) groups is 2. The molecule has 344 valence electrons. The third kappa shape index (κ3) is 31.0. The van der Waals surface area contributed by atoms with Gasteiger partial charge in [-0.25, -0.2) is 0 Å². The van der Waals surface area contributed by atoms with Crippen LogP contribution in [0, 0.1) is 0 Å². The number of aliphatic hydroxyl groups is 3. The molecule has 0 amide bonds. The van der Waals surface area contributed by atoms with E-state index in [-0.39, 0.29) is 19.4 Å². The fourth-order valence-corrected chi connectivity index (χ4v) is 6.92. The first-order valence-corrected chi connectivity index (χ1v) is 24.1. The molecule has 13 heteroatoms. The molecule has 1 fully saturated rings. The van der Waals surface area contributed by atoms with E-state index in [4.69, 9.17) is 18.9 Å². The molecule has 0 aromatic heterocycles. The number of hydrogen-bond acceptors (Lipinski definition) is 11. The van der Waals surface area contributed by atoms with Gasteiger partial charge in [0.1, 0.15) is 36.8 Å². The summed E-state index contributed by atoms with van der Waals surface area (Å²) in [7, 11) is -4.62. The quantitative estimate of drug-likeness (QED) is 0.0203. The molecule has 0 bridgehead atoms. The summed E-state index contributed by atoms with van der Waals surface area (Å²) in [5.41, 5.74) is 0. The average Bonchev–Trinajstić information content (AvgIpc) is 3.21. The van der Waals surface area contributed by atoms with E-state index in [1.165, 1.54) is 57.8 Å². The number of unbranched alkanes of at least 4 members (excludes halogenated alkanes) is 12. The van der Waals surface area contributed by atoms with Gasteiger partial charge >= 0.3 is 11.9 Å². The number of allylic oxidation sites excluding steroid dienone is 12. The van der Waals surface area contributed by atoms with Crippen LogP contribution in [0.5, 0.6) is 0 Å². The Labute approximate surface area is 361 Å². The van der Waals surface area contributed by atoms with E-state index in [1.54, 1.807) is 0 Å². The topological polar surface area (TPSA) is 186 Å². The van der Waals surface area contributed by atoms with Gasteiger partial charge in [-0.3, -0.25) is 14.1 Å². The minimum absolute atomic E-state index is 0.107. The highest BCUT2D eigenvalue weighted by molar-refractivity contribution is 7.85. The molecular weight excluding hydrogens is 789 g/mol. The van der Waals surface area contributed by atoms with Gasteiger partial charge in [-0.15, -0.1) is 0 Å². The van der Waals surface area contributed by atoms with E-state index in [0.717, 1.165) is 51.4 Å². The van der Waals surface area contributed by atoms with Crippen LogP contribution in [0.3, 0.4) is 0 Å². The number of esters is 2. The van der Waals surface area contributed by atoms with Gasteiger partial charge in [0.15, 0.2) is 12.4 Å². The van der Waals surface area contributed by atoms with Gasteiger partial charge in [0.25, 0.3) is 10.1 Å². The number of ether oxygens (including phenoxy) is 4. The first-order chi connectivity index (χ1) is 29.0. The summed E-state index contributed by atoms with van der Waals surface area (Å²) in [6.45, 7) is 3.63. The van der Waals surface area contributed by atoms with Crippen molar-refractivity contribution in [2.24, 2.45) is 0 Å². The van der Waals surface area contributed by atoms with E-state index < -0.39 is 71.2 Å². The second-order valence-electron chi connectivity index (χ2n) is 15.4. The monoisotopic (exact) mass is 867 g/mol. The molecule has 1 aliphatic rings. The molecule has 60 heavy (non-hydrogen) atoms. The van der Waals surface area contributed by atoms with Crippen LogP contribution >= 0.6 is 0 Å². The highest BCUT2D eigenvalue weighted by Gasteiger charge is 2.46. The molecule has 6 atom stereocenters. The zero-order chi connectivity index (χ0) is 44.1. The Balaban J connectivity index is 2.53. The van der Waals surface area contributed by atoms with Crippen LogP contribution in [-0.4, -0.2) is 96.0 Å². The van der Waals surface area contributed by atoms with Gasteiger partial charge in [0.2, 0.25) is 0 Å². The largest absolute Gasteiger partial charge is 0.462 e. The van der Waals surface area contributed by atoms with Crippen molar-refractivity contribution < 1.29 is 56.8 Å². The zero-order valence-corrected chi connectivity index (χ0v) is 37.3. The van der Waals surface area contributed by atoms with Crippen molar-refractivity contribution in [2.75, 3.05) is 19.0 Å². The molecule has 0 aromatic rings. The Morgan fingerprint density at radius 2 is 1.02 bits per heavy atom. The van der Waals surface area contributed by atoms with Crippen molar-refractivity contribution in [1.82, 2.24) is 0 Å². The molecule has 0 aliphatic carbocycles. The number of carbonyl (C=O) groups excluding carboxylic acids is 2. The van der Waals surface area contributed by atoms with Crippen LogP contribution in [-0.2, 0) is 38.7 Å². The maximum absolute atomic E-state index is 12.8. The van der Waals surface area contributed by atoms with Gasteiger partial charge in [-0.1, -0.05) is 132 Å². The molecular formula is C47H78O12S. The molecule has 12 nitrogen and oxygen atoms in total. The molecule has 0 saturated carbocycles. The summed E-state index contributed by atoms with van der Waals surface area (Å²) in [6.07, 6.45) is 36.7. The van der Waals surface area contributed by atoms with Gasteiger partial charge in [-0.05, 0) is 83.5 Å². The fourth-order valence-electron chi connectivity index (χ4n) is 6.23. The predicted molar refractivity (Wildman–Crippen MR) is 238 cm³/mol. The highest BCUT2D eigenvalue weighted by Crippen LogP contribution is 2.24. The molecule has 0 aromatic carbocycles. The van der Waals surface area contributed by atoms with Gasteiger partial charge in [-0.2, -0.15) is 8.42 Å². The smallest absolute Gasteiger partial charge is 0.306 e. The highest BCUT2D eigenvalue weighted by atomic mass is 32.2. The lowest BCUT2D eigenvalue weighted by molar-refractivity contribution is -0.297. The average molecular weight is 867 g/mol. The Morgan fingerprint density at radius 1 is 0.567 bits per heavy atom. The lowest BCUT2D eigenvalue weighted by atomic mass is 10.00. The Kier molecular flexibility index (Phi) is 33.7. The Hall–Kier alpha value is -2.91. The zero-order valence-electron chi connectivity index (χ0n) is 36.5. The van der Waals surface area contributed by atoms with E-state index in [9.17, 15) is 37.9 Å². The first kappa shape index (κ1) is 55.1. The van der Waals surface area contributed by atoms with Crippen LogP contribution in [0.1, 0.15) is 155 Å². The van der Waals surface area contributed by atoms with Gasteiger partial charge in [0.05, 0.1) is 6.61 Å². The van der Waals surface area contributed by atoms with Crippen LogP contribution < -0.4 is 0 Å². The number of hydrogen-bond donors (Lipinski definition) is 4.